The van der Waals surface area contributed by atoms with E-state index in [-0.39, 0.29) is 17.4 Å². The molecule has 4 aliphatic carbocycles. The van der Waals surface area contributed by atoms with Crippen LogP contribution in [0.25, 0.3) is 11.2 Å². The second kappa shape index (κ2) is 6.53. The number of imidazole rings is 1. The van der Waals surface area contributed by atoms with E-state index in [9.17, 15) is 10.2 Å². The summed E-state index contributed by atoms with van der Waals surface area (Å²) in [6.45, 7) is 0. The highest BCUT2D eigenvalue weighted by molar-refractivity contribution is 6.18. The molecule has 3 N–H and O–H groups in total. The number of anilines is 1. The highest BCUT2D eigenvalue weighted by Gasteiger charge is 2.71. The number of aliphatic hydroxyl groups is 2. The first kappa shape index (κ1) is 18.3. The molecule has 6 rings (SSSR count). The van der Waals surface area contributed by atoms with Crippen LogP contribution in [0.3, 0.4) is 0 Å². The van der Waals surface area contributed by atoms with Gasteiger partial charge in [-0.05, 0) is 49.9 Å². The Hall–Kier alpha value is -1.44. The average Bonchev–Trinajstić information content (AvgIpc) is 3.14. The summed E-state index contributed by atoms with van der Waals surface area (Å²) in [5, 5.41) is 25.0. The molecule has 0 amide bonds. The lowest BCUT2D eigenvalue weighted by Crippen LogP contribution is -2.42. The van der Waals surface area contributed by atoms with Crippen molar-refractivity contribution in [3.05, 3.63) is 12.7 Å². The van der Waals surface area contributed by atoms with Crippen molar-refractivity contribution in [2.45, 2.75) is 69.2 Å². The summed E-state index contributed by atoms with van der Waals surface area (Å²) in [6.07, 6.45) is 10.4. The Balaban J connectivity index is 1.33. The van der Waals surface area contributed by atoms with E-state index in [1.54, 1.807) is 12.7 Å². The first-order valence-corrected chi connectivity index (χ1v) is 11.5. The zero-order valence-electron chi connectivity index (χ0n) is 16.4. The van der Waals surface area contributed by atoms with Gasteiger partial charge in [0.25, 0.3) is 0 Å². The number of halogens is 1. The number of aromatic nitrogens is 4. The van der Waals surface area contributed by atoms with Crippen molar-refractivity contribution in [3.63, 3.8) is 0 Å². The van der Waals surface area contributed by atoms with Gasteiger partial charge in [0.15, 0.2) is 11.5 Å². The minimum absolute atomic E-state index is 0.159. The Morgan fingerprint density at radius 2 is 1.86 bits per heavy atom. The van der Waals surface area contributed by atoms with Crippen molar-refractivity contribution < 1.29 is 10.2 Å². The molecular formula is C21H28ClN5O2. The molecule has 0 aliphatic heterocycles. The van der Waals surface area contributed by atoms with Gasteiger partial charge in [0, 0.05) is 17.3 Å². The van der Waals surface area contributed by atoms with Gasteiger partial charge in [-0.1, -0.05) is 12.8 Å². The van der Waals surface area contributed by atoms with Crippen LogP contribution in [-0.2, 0) is 0 Å². The van der Waals surface area contributed by atoms with Gasteiger partial charge in [0.05, 0.1) is 18.5 Å². The number of rotatable bonds is 6. The molecule has 0 aromatic carbocycles. The maximum Gasteiger partial charge on any atom is 0.165 e. The molecule has 4 saturated carbocycles. The van der Waals surface area contributed by atoms with Crippen molar-refractivity contribution in [1.29, 1.82) is 0 Å². The second-order valence-electron chi connectivity index (χ2n) is 9.70. The minimum Gasteiger partial charge on any atom is -0.390 e. The van der Waals surface area contributed by atoms with E-state index in [2.05, 4.69) is 20.3 Å². The van der Waals surface area contributed by atoms with E-state index in [4.69, 9.17) is 11.6 Å². The van der Waals surface area contributed by atoms with Crippen LogP contribution in [-0.4, -0.2) is 53.9 Å². The first-order chi connectivity index (χ1) is 14.1. The monoisotopic (exact) mass is 417 g/mol. The van der Waals surface area contributed by atoms with Gasteiger partial charge in [-0.15, -0.1) is 11.6 Å². The summed E-state index contributed by atoms with van der Waals surface area (Å²) in [6, 6.07) is 0.220. The summed E-state index contributed by atoms with van der Waals surface area (Å²) < 4.78 is 1.93. The number of hydrogen-bond donors (Lipinski definition) is 3. The van der Waals surface area contributed by atoms with Gasteiger partial charge in [-0.25, -0.2) is 15.0 Å². The van der Waals surface area contributed by atoms with Crippen LogP contribution < -0.4 is 5.32 Å². The number of alkyl halides is 1. The predicted octanol–water partition coefficient (Wildman–Crippen LogP) is 2.73. The van der Waals surface area contributed by atoms with Gasteiger partial charge in [0.2, 0.25) is 0 Å². The molecule has 2 aromatic rings. The van der Waals surface area contributed by atoms with Crippen LogP contribution in [0, 0.1) is 23.2 Å². The standard InChI is InChI=1S/C21H28ClN5O2/c22-8-21-7-13(21)16(17(28)18(21)29)27-10-25-15-19(23-9-24-20(15)27)26-14(11-3-1-4-11)12-5-2-6-12/h9-14,16-18,28-29H,1-8H2,(H,23,24,26)/t13?,16-,17+,18?,21+/m1/s1. The third kappa shape index (κ3) is 2.53. The van der Waals surface area contributed by atoms with Crippen molar-refractivity contribution in [3.8, 4) is 0 Å². The average molecular weight is 418 g/mol. The van der Waals surface area contributed by atoms with Crippen LogP contribution in [0.5, 0.6) is 0 Å². The Bertz CT molecular complexity index is 915. The fraction of sp³-hybridized carbons (Fsp3) is 0.762. The first-order valence-electron chi connectivity index (χ1n) is 11.0. The van der Waals surface area contributed by atoms with Gasteiger partial charge in [0.1, 0.15) is 17.9 Å². The molecule has 29 heavy (non-hydrogen) atoms. The molecule has 0 bridgehead atoms. The second-order valence-corrected chi connectivity index (χ2v) is 9.97. The summed E-state index contributed by atoms with van der Waals surface area (Å²) in [5.74, 6) is 2.78. The number of nitrogens with zero attached hydrogens (tertiary/aromatic N) is 4. The molecule has 5 atom stereocenters. The van der Waals surface area contributed by atoms with E-state index < -0.39 is 12.2 Å². The highest BCUT2D eigenvalue weighted by Crippen LogP contribution is 2.68. The molecule has 156 valence electrons. The summed E-state index contributed by atoms with van der Waals surface area (Å²) in [5.41, 5.74) is 1.11. The third-order valence-electron chi connectivity index (χ3n) is 8.40. The fourth-order valence-electron chi connectivity index (χ4n) is 6.06. The topological polar surface area (TPSA) is 96.1 Å². The van der Waals surface area contributed by atoms with Crippen LogP contribution in [0.2, 0.25) is 0 Å². The van der Waals surface area contributed by atoms with Gasteiger partial charge in [-0.3, -0.25) is 0 Å². The van der Waals surface area contributed by atoms with Crippen molar-refractivity contribution in [2.75, 3.05) is 11.2 Å². The Labute approximate surface area is 174 Å². The summed E-state index contributed by atoms with van der Waals surface area (Å²) in [4.78, 5) is 13.7. The molecule has 8 heteroatoms. The maximum atomic E-state index is 10.7. The van der Waals surface area contributed by atoms with E-state index in [0.29, 0.717) is 11.9 Å². The fourth-order valence-corrected chi connectivity index (χ4v) is 6.52. The van der Waals surface area contributed by atoms with Gasteiger partial charge >= 0.3 is 0 Å². The number of aliphatic hydroxyl groups excluding tert-OH is 2. The quantitative estimate of drug-likeness (QED) is 0.625. The van der Waals surface area contributed by atoms with E-state index in [0.717, 1.165) is 35.2 Å². The molecule has 4 fully saturated rings. The van der Waals surface area contributed by atoms with Gasteiger partial charge < -0.3 is 20.1 Å². The Kier molecular flexibility index (Phi) is 4.13. The smallest absolute Gasteiger partial charge is 0.165 e. The van der Waals surface area contributed by atoms with Crippen LogP contribution >= 0.6 is 11.6 Å². The number of fused-ring (bicyclic) bond motifs is 2. The predicted molar refractivity (Wildman–Crippen MR) is 110 cm³/mol. The molecule has 2 heterocycles. The molecule has 0 saturated heterocycles. The Morgan fingerprint density at radius 3 is 2.45 bits per heavy atom. The molecular weight excluding hydrogens is 390 g/mol. The van der Waals surface area contributed by atoms with E-state index >= 15 is 0 Å². The maximum absolute atomic E-state index is 10.7. The van der Waals surface area contributed by atoms with Crippen molar-refractivity contribution >= 4 is 28.6 Å². The zero-order chi connectivity index (χ0) is 19.8. The van der Waals surface area contributed by atoms with Crippen LogP contribution in [0.1, 0.15) is 51.0 Å². The van der Waals surface area contributed by atoms with Crippen molar-refractivity contribution in [1.82, 2.24) is 19.5 Å². The van der Waals surface area contributed by atoms with Crippen molar-refractivity contribution in [2.24, 2.45) is 23.2 Å². The normalized spacial score (nSPS) is 36.8. The molecule has 0 spiro atoms. The lowest BCUT2D eigenvalue weighted by molar-refractivity contribution is -0.0129. The van der Waals surface area contributed by atoms with Gasteiger partial charge in [-0.2, -0.15) is 0 Å². The highest BCUT2D eigenvalue weighted by atomic mass is 35.5. The largest absolute Gasteiger partial charge is 0.390 e. The molecule has 2 unspecified atom stereocenters. The number of hydrogen-bond acceptors (Lipinski definition) is 6. The van der Waals surface area contributed by atoms with E-state index in [1.807, 2.05) is 4.57 Å². The lowest BCUT2D eigenvalue weighted by atomic mass is 9.68. The molecule has 2 aromatic heterocycles. The molecule has 7 nitrogen and oxygen atoms in total. The summed E-state index contributed by atoms with van der Waals surface area (Å²) >= 11 is 6.14. The minimum atomic E-state index is -0.853. The Morgan fingerprint density at radius 1 is 1.14 bits per heavy atom. The number of nitrogens with one attached hydrogen (secondary N) is 1. The molecule has 4 aliphatic rings. The third-order valence-corrected chi connectivity index (χ3v) is 8.90. The van der Waals surface area contributed by atoms with E-state index in [1.165, 1.54) is 38.5 Å². The van der Waals surface area contributed by atoms with Crippen LogP contribution in [0.4, 0.5) is 5.82 Å². The lowest BCUT2D eigenvalue weighted by Gasteiger charge is -2.43. The summed E-state index contributed by atoms with van der Waals surface area (Å²) in [7, 11) is 0. The SMILES string of the molecule is OC1[C@@H](O)[C@H](n2cnc3c(NC(C4CCC4)C4CCC4)ncnc32)C2C[C@@]12CCl. The zero-order valence-corrected chi connectivity index (χ0v) is 17.2. The van der Waals surface area contributed by atoms with Crippen LogP contribution in [0.15, 0.2) is 12.7 Å². The molecule has 0 radical (unpaired) electrons.